The molecule has 9 heteroatoms. The summed E-state index contributed by atoms with van der Waals surface area (Å²) in [6.07, 6.45) is 2.88. The summed E-state index contributed by atoms with van der Waals surface area (Å²) < 4.78 is 44.5. The fraction of sp³-hybridized carbons (Fsp3) is 0.409. The maximum absolute atomic E-state index is 13.1. The van der Waals surface area contributed by atoms with Gasteiger partial charge in [-0.05, 0) is 43.2 Å². The molecule has 0 spiro atoms. The Balaban J connectivity index is 1.55. The Morgan fingerprint density at radius 3 is 2.48 bits per heavy atom. The number of carbonyl (C=O) groups excluding carboxylic acids is 1. The molecule has 2 heterocycles. The van der Waals surface area contributed by atoms with Crippen LogP contribution in [0.2, 0.25) is 0 Å². The monoisotopic (exact) mass is 446 g/mol. The van der Waals surface area contributed by atoms with E-state index in [9.17, 15) is 13.2 Å². The van der Waals surface area contributed by atoms with Gasteiger partial charge in [-0.1, -0.05) is 25.0 Å². The quantitative estimate of drug-likeness (QED) is 0.759. The third-order valence-corrected chi connectivity index (χ3v) is 7.33. The molecular formula is C22H26N2O6S. The van der Waals surface area contributed by atoms with Gasteiger partial charge in [-0.2, -0.15) is 4.31 Å². The molecule has 8 nitrogen and oxygen atoms in total. The molecule has 2 aliphatic heterocycles. The van der Waals surface area contributed by atoms with Crippen molar-refractivity contribution >= 4 is 21.6 Å². The summed E-state index contributed by atoms with van der Waals surface area (Å²) in [5.41, 5.74) is 0.269. The average Bonchev–Trinajstić information content (AvgIpc) is 3.09. The standard InChI is InChI=1S/C22H26N2O6S/c1-28-18-11-10-16(31(26,27)24-12-6-2-3-7-13-24)14-17(18)23-22(25)21-15-29-19-8-4-5-9-20(19)30-21/h4-5,8-11,14,21H,2-3,6-7,12-13,15H2,1H3,(H,23,25)/t21-/m0/s1. The summed E-state index contributed by atoms with van der Waals surface area (Å²) in [5.74, 6) is 0.977. The number of sulfonamides is 1. The number of hydrogen-bond acceptors (Lipinski definition) is 6. The van der Waals surface area contributed by atoms with Crippen LogP contribution in [0.4, 0.5) is 5.69 Å². The molecule has 0 saturated carbocycles. The Bertz CT molecular complexity index is 1050. The number of fused-ring (bicyclic) bond motifs is 1. The second kappa shape index (κ2) is 9.15. The minimum absolute atomic E-state index is 0.0525. The van der Waals surface area contributed by atoms with E-state index in [1.807, 2.05) is 6.07 Å². The molecule has 0 radical (unpaired) electrons. The van der Waals surface area contributed by atoms with Crippen LogP contribution in [0.3, 0.4) is 0 Å². The molecule has 1 amide bonds. The largest absolute Gasteiger partial charge is 0.495 e. The highest BCUT2D eigenvalue weighted by atomic mass is 32.2. The van der Waals surface area contributed by atoms with Crippen molar-refractivity contribution in [3.8, 4) is 17.2 Å². The zero-order chi connectivity index (χ0) is 21.8. The SMILES string of the molecule is COc1ccc(S(=O)(=O)N2CCCCCC2)cc1NC(=O)[C@@H]1COc2ccccc2O1. The van der Waals surface area contributed by atoms with E-state index in [0.717, 1.165) is 25.7 Å². The van der Waals surface area contributed by atoms with E-state index in [-0.39, 0.29) is 17.2 Å². The molecule has 0 aromatic heterocycles. The summed E-state index contributed by atoms with van der Waals surface area (Å²) in [7, 11) is -2.20. The normalized spacial score (nSPS) is 19.3. The molecule has 166 valence electrons. The molecule has 2 aliphatic rings. The molecule has 1 atom stereocenters. The smallest absolute Gasteiger partial charge is 0.269 e. The number of amides is 1. The fourth-order valence-electron chi connectivity index (χ4n) is 3.74. The Morgan fingerprint density at radius 1 is 1.06 bits per heavy atom. The first-order valence-corrected chi connectivity index (χ1v) is 11.8. The molecule has 4 rings (SSSR count). The number of ether oxygens (including phenoxy) is 3. The zero-order valence-electron chi connectivity index (χ0n) is 17.4. The highest BCUT2D eigenvalue weighted by Gasteiger charge is 2.30. The van der Waals surface area contributed by atoms with Gasteiger partial charge in [0.2, 0.25) is 16.1 Å². The number of methoxy groups -OCH3 is 1. The lowest BCUT2D eigenvalue weighted by atomic mass is 10.2. The number of rotatable bonds is 5. The van der Waals surface area contributed by atoms with Crippen molar-refractivity contribution in [3.05, 3.63) is 42.5 Å². The van der Waals surface area contributed by atoms with E-state index < -0.39 is 22.0 Å². The third-order valence-electron chi connectivity index (χ3n) is 5.43. The number of nitrogens with zero attached hydrogens (tertiary/aromatic N) is 1. The Hall–Kier alpha value is -2.78. The van der Waals surface area contributed by atoms with Crippen molar-refractivity contribution in [1.29, 1.82) is 0 Å². The first-order chi connectivity index (χ1) is 15.0. The van der Waals surface area contributed by atoms with Crippen LogP contribution in [0.5, 0.6) is 17.2 Å². The minimum atomic E-state index is -3.66. The number of anilines is 1. The summed E-state index contributed by atoms with van der Waals surface area (Å²) >= 11 is 0. The number of nitrogens with one attached hydrogen (secondary N) is 1. The van der Waals surface area contributed by atoms with E-state index in [1.165, 1.54) is 23.5 Å². The van der Waals surface area contributed by atoms with Crippen molar-refractivity contribution in [2.24, 2.45) is 0 Å². The summed E-state index contributed by atoms with van der Waals surface area (Å²) in [4.78, 5) is 12.9. The maximum Gasteiger partial charge on any atom is 0.269 e. The average molecular weight is 447 g/mol. The first-order valence-electron chi connectivity index (χ1n) is 10.4. The third kappa shape index (κ3) is 4.62. The topological polar surface area (TPSA) is 94.2 Å². The Morgan fingerprint density at radius 2 is 1.77 bits per heavy atom. The molecule has 1 fully saturated rings. The molecule has 31 heavy (non-hydrogen) atoms. The number of para-hydroxylation sites is 2. The summed E-state index contributed by atoms with van der Waals surface area (Å²) in [6.45, 7) is 1.06. The van der Waals surface area contributed by atoms with Crippen molar-refractivity contribution in [1.82, 2.24) is 4.31 Å². The van der Waals surface area contributed by atoms with Gasteiger partial charge in [0.25, 0.3) is 5.91 Å². The lowest BCUT2D eigenvalue weighted by Crippen LogP contribution is -2.40. The van der Waals surface area contributed by atoms with Gasteiger partial charge in [-0.25, -0.2) is 8.42 Å². The van der Waals surface area contributed by atoms with Crippen molar-refractivity contribution in [3.63, 3.8) is 0 Å². The van der Waals surface area contributed by atoms with Gasteiger partial charge in [-0.15, -0.1) is 0 Å². The van der Waals surface area contributed by atoms with Gasteiger partial charge in [0.1, 0.15) is 12.4 Å². The van der Waals surface area contributed by atoms with Gasteiger partial charge in [0.05, 0.1) is 17.7 Å². The molecule has 2 aromatic rings. The van der Waals surface area contributed by atoms with E-state index in [0.29, 0.717) is 30.3 Å². The highest BCUT2D eigenvalue weighted by molar-refractivity contribution is 7.89. The molecule has 1 saturated heterocycles. The van der Waals surface area contributed by atoms with Crippen LogP contribution < -0.4 is 19.5 Å². The lowest BCUT2D eigenvalue weighted by molar-refractivity contribution is -0.125. The zero-order valence-corrected chi connectivity index (χ0v) is 18.2. The fourth-order valence-corrected chi connectivity index (χ4v) is 5.28. The Kier molecular flexibility index (Phi) is 6.33. The van der Waals surface area contributed by atoms with Gasteiger partial charge < -0.3 is 19.5 Å². The van der Waals surface area contributed by atoms with Crippen LogP contribution in [0.15, 0.2) is 47.4 Å². The molecule has 2 aromatic carbocycles. The van der Waals surface area contributed by atoms with E-state index in [4.69, 9.17) is 14.2 Å². The second-order valence-electron chi connectivity index (χ2n) is 7.53. The molecular weight excluding hydrogens is 420 g/mol. The van der Waals surface area contributed by atoms with Crippen molar-refractivity contribution in [2.75, 3.05) is 32.1 Å². The summed E-state index contributed by atoms with van der Waals surface area (Å²) in [5, 5.41) is 2.74. The predicted octanol–water partition coefficient (Wildman–Crippen LogP) is 3.04. The van der Waals surface area contributed by atoms with Gasteiger partial charge in [-0.3, -0.25) is 4.79 Å². The second-order valence-corrected chi connectivity index (χ2v) is 9.47. The van der Waals surface area contributed by atoms with E-state index >= 15 is 0 Å². The van der Waals surface area contributed by atoms with E-state index in [2.05, 4.69) is 5.32 Å². The van der Waals surface area contributed by atoms with Crippen LogP contribution in [0, 0.1) is 0 Å². The van der Waals surface area contributed by atoms with Gasteiger partial charge >= 0.3 is 0 Å². The maximum atomic E-state index is 13.1. The van der Waals surface area contributed by atoms with Crippen LogP contribution in [-0.4, -0.2) is 51.5 Å². The van der Waals surface area contributed by atoms with Gasteiger partial charge in [0.15, 0.2) is 11.5 Å². The highest BCUT2D eigenvalue weighted by Crippen LogP contribution is 2.33. The molecule has 0 aliphatic carbocycles. The van der Waals surface area contributed by atoms with Crippen LogP contribution >= 0.6 is 0 Å². The van der Waals surface area contributed by atoms with E-state index in [1.54, 1.807) is 24.3 Å². The summed E-state index contributed by atoms with van der Waals surface area (Å²) in [6, 6.07) is 11.6. The van der Waals surface area contributed by atoms with Gasteiger partial charge in [0, 0.05) is 13.1 Å². The lowest BCUT2D eigenvalue weighted by Gasteiger charge is -2.26. The number of benzene rings is 2. The number of hydrogen-bond donors (Lipinski definition) is 1. The van der Waals surface area contributed by atoms with Crippen LogP contribution in [0.1, 0.15) is 25.7 Å². The Labute approximate surface area is 182 Å². The predicted molar refractivity (Wildman–Crippen MR) is 115 cm³/mol. The molecule has 1 N–H and O–H groups in total. The van der Waals surface area contributed by atoms with Crippen LogP contribution in [-0.2, 0) is 14.8 Å². The molecule has 0 unspecified atom stereocenters. The van der Waals surface area contributed by atoms with Crippen LogP contribution in [0.25, 0.3) is 0 Å². The molecule has 0 bridgehead atoms. The first kappa shape index (κ1) is 21.5. The van der Waals surface area contributed by atoms with Crippen molar-refractivity contribution in [2.45, 2.75) is 36.7 Å². The minimum Gasteiger partial charge on any atom is -0.495 e. The number of carbonyl (C=O) groups is 1. The van der Waals surface area contributed by atoms with Crippen molar-refractivity contribution < 1.29 is 27.4 Å².